The van der Waals surface area contributed by atoms with Gasteiger partial charge in [0.2, 0.25) is 0 Å². The molecule has 1 aromatic carbocycles. The van der Waals surface area contributed by atoms with Crippen LogP contribution in [0.25, 0.3) is 0 Å². The zero-order valence-electron chi connectivity index (χ0n) is 9.16. The van der Waals surface area contributed by atoms with Crippen LogP contribution in [-0.4, -0.2) is 12.5 Å². The Labute approximate surface area is 108 Å². The van der Waals surface area contributed by atoms with E-state index in [2.05, 4.69) is 27.3 Å². The second kappa shape index (κ2) is 4.38. The number of carbonyl (C=O) groups excluding carboxylic acids is 1. The van der Waals surface area contributed by atoms with Gasteiger partial charge in [0, 0.05) is 16.7 Å². The molecule has 0 radical (unpaired) electrons. The Morgan fingerprint density at radius 3 is 2.88 bits per heavy atom. The average molecular weight is 294 g/mol. The number of carbonyl (C=O) groups is 1. The molecule has 17 heavy (non-hydrogen) atoms. The Morgan fingerprint density at radius 2 is 2.29 bits per heavy atom. The highest BCUT2D eigenvalue weighted by atomic mass is 79.9. The van der Waals surface area contributed by atoms with E-state index in [4.69, 9.17) is 11.0 Å². The van der Waals surface area contributed by atoms with Crippen molar-refractivity contribution in [2.45, 2.75) is 12.8 Å². The minimum Gasteiger partial charge on any atom is -0.398 e. The van der Waals surface area contributed by atoms with Crippen LogP contribution in [0.2, 0.25) is 0 Å². The Hall–Kier alpha value is -1.54. The standard InChI is InChI=1S/C12H12BrN3O/c13-8-1-2-10(15)9(5-8)11(17)16-7-12(6-14)3-4-12/h1-2,5H,3-4,7,15H2,(H,16,17). The third-order valence-corrected chi connectivity index (χ3v) is 3.43. The highest BCUT2D eigenvalue weighted by Crippen LogP contribution is 2.44. The first-order chi connectivity index (χ1) is 8.06. The van der Waals surface area contributed by atoms with E-state index in [1.165, 1.54) is 0 Å². The fourth-order valence-corrected chi connectivity index (χ4v) is 1.91. The highest BCUT2D eigenvalue weighted by molar-refractivity contribution is 9.10. The predicted molar refractivity (Wildman–Crippen MR) is 68.2 cm³/mol. The number of hydrogen-bond acceptors (Lipinski definition) is 3. The number of amides is 1. The summed E-state index contributed by atoms with van der Waals surface area (Å²) in [6.07, 6.45) is 1.72. The van der Waals surface area contributed by atoms with Crippen molar-refractivity contribution in [3.05, 3.63) is 28.2 Å². The van der Waals surface area contributed by atoms with Crippen LogP contribution in [0.5, 0.6) is 0 Å². The molecular formula is C12H12BrN3O. The van der Waals surface area contributed by atoms with Crippen molar-refractivity contribution in [2.24, 2.45) is 5.41 Å². The summed E-state index contributed by atoms with van der Waals surface area (Å²) in [5.41, 5.74) is 6.27. The summed E-state index contributed by atoms with van der Waals surface area (Å²) in [7, 11) is 0. The predicted octanol–water partition coefficient (Wildman–Crippen LogP) is 2.06. The van der Waals surface area contributed by atoms with Crippen LogP contribution < -0.4 is 11.1 Å². The lowest BCUT2D eigenvalue weighted by molar-refractivity contribution is 0.0949. The zero-order chi connectivity index (χ0) is 12.5. The molecule has 0 heterocycles. The summed E-state index contributed by atoms with van der Waals surface area (Å²) in [6, 6.07) is 7.37. The van der Waals surface area contributed by atoms with Crippen molar-refractivity contribution in [1.82, 2.24) is 5.32 Å². The van der Waals surface area contributed by atoms with Gasteiger partial charge in [0.15, 0.2) is 0 Å². The van der Waals surface area contributed by atoms with Crippen LogP contribution in [0.3, 0.4) is 0 Å². The van der Waals surface area contributed by atoms with E-state index in [1.54, 1.807) is 18.2 Å². The maximum absolute atomic E-state index is 11.9. The fraction of sp³-hybridized carbons (Fsp3) is 0.333. The number of anilines is 1. The van der Waals surface area contributed by atoms with Crippen molar-refractivity contribution in [1.29, 1.82) is 5.26 Å². The molecule has 0 aliphatic heterocycles. The molecule has 1 aliphatic rings. The Balaban J connectivity index is 2.05. The van der Waals surface area contributed by atoms with Gasteiger partial charge in [-0.15, -0.1) is 0 Å². The normalized spacial score (nSPS) is 16.0. The van der Waals surface area contributed by atoms with Gasteiger partial charge in [0.05, 0.1) is 17.0 Å². The van der Waals surface area contributed by atoms with E-state index in [0.29, 0.717) is 17.8 Å². The average Bonchev–Trinajstić information content (AvgIpc) is 3.10. The molecule has 0 atom stereocenters. The Morgan fingerprint density at radius 1 is 1.59 bits per heavy atom. The lowest BCUT2D eigenvalue weighted by Gasteiger charge is -2.10. The number of hydrogen-bond donors (Lipinski definition) is 2. The van der Waals surface area contributed by atoms with Gasteiger partial charge in [-0.3, -0.25) is 4.79 Å². The van der Waals surface area contributed by atoms with E-state index >= 15 is 0 Å². The first-order valence-corrected chi connectivity index (χ1v) is 6.10. The number of nitrogens with zero attached hydrogens (tertiary/aromatic N) is 1. The number of nitrogen functional groups attached to an aromatic ring is 1. The van der Waals surface area contributed by atoms with Gasteiger partial charge < -0.3 is 11.1 Å². The molecule has 3 N–H and O–H groups in total. The lowest BCUT2D eigenvalue weighted by Crippen LogP contribution is -2.30. The molecule has 88 valence electrons. The Kier molecular flexibility index (Phi) is 3.07. The van der Waals surface area contributed by atoms with Gasteiger partial charge in [0.1, 0.15) is 0 Å². The quantitative estimate of drug-likeness (QED) is 0.837. The molecule has 1 aromatic rings. The first-order valence-electron chi connectivity index (χ1n) is 5.31. The molecule has 0 aromatic heterocycles. The van der Waals surface area contributed by atoms with Gasteiger partial charge >= 0.3 is 0 Å². The topological polar surface area (TPSA) is 78.9 Å². The van der Waals surface area contributed by atoms with Gasteiger partial charge in [-0.2, -0.15) is 5.26 Å². The molecule has 0 spiro atoms. The smallest absolute Gasteiger partial charge is 0.253 e. The monoisotopic (exact) mass is 293 g/mol. The van der Waals surface area contributed by atoms with Crippen LogP contribution in [0, 0.1) is 16.7 Å². The summed E-state index contributed by atoms with van der Waals surface area (Å²) >= 11 is 3.29. The Bertz CT molecular complexity index is 503. The van der Waals surface area contributed by atoms with E-state index in [0.717, 1.165) is 17.3 Å². The third kappa shape index (κ3) is 2.59. The minimum atomic E-state index is -0.337. The van der Waals surface area contributed by atoms with Crippen molar-refractivity contribution in [3.8, 4) is 6.07 Å². The van der Waals surface area contributed by atoms with E-state index in [-0.39, 0.29) is 11.3 Å². The molecule has 1 fully saturated rings. The van der Waals surface area contributed by atoms with E-state index < -0.39 is 0 Å². The number of benzene rings is 1. The van der Waals surface area contributed by atoms with Crippen LogP contribution in [0.4, 0.5) is 5.69 Å². The molecule has 0 saturated heterocycles. The van der Waals surface area contributed by atoms with Gasteiger partial charge in [-0.1, -0.05) is 15.9 Å². The molecule has 0 unspecified atom stereocenters. The van der Waals surface area contributed by atoms with Gasteiger partial charge in [-0.05, 0) is 31.0 Å². The molecule has 0 bridgehead atoms. The number of nitrogens with one attached hydrogen (secondary N) is 1. The van der Waals surface area contributed by atoms with Crippen molar-refractivity contribution in [2.75, 3.05) is 12.3 Å². The largest absolute Gasteiger partial charge is 0.398 e. The minimum absolute atomic E-state index is 0.231. The third-order valence-electron chi connectivity index (χ3n) is 2.94. The van der Waals surface area contributed by atoms with Crippen LogP contribution in [-0.2, 0) is 0 Å². The lowest BCUT2D eigenvalue weighted by atomic mass is 10.1. The summed E-state index contributed by atoms with van der Waals surface area (Å²) < 4.78 is 0.804. The second-order valence-corrected chi connectivity index (χ2v) is 5.22. The zero-order valence-corrected chi connectivity index (χ0v) is 10.8. The molecule has 4 nitrogen and oxygen atoms in total. The molecule has 2 rings (SSSR count). The van der Waals surface area contributed by atoms with Crippen LogP contribution in [0.15, 0.2) is 22.7 Å². The second-order valence-electron chi connectivity index (χ2n) is 4.31. The molecule has 1 aliphatic carbocycles. The van der Waals surface area contributed by atoms with Gasteiger partial charge in [0.25, 0.3) is 5.91 Å². The molecule has 1 amide bonds. The molecule has 1 saturated carbocycles. The van der Waals surface area contributed by atoms with Crippen LogP contribution >= 0.6 is 15.9 Å². The maximum atomic E-state index is 11.9. The SMILES string of the molecule is N#CC1(CNC(=O)c2cc(Br)ccc2N)CC1. The summed E-state index contributed by atoms with van der Waals surface area (Å²) in [4.78, 5) is 11.9. The molecular weight excluding hydrogens is 282 g/mol. The fourth-order valence-electron chi connectivity index (χ4n) is 1.55. The van der Waals surface area contributed by atoms with Crippen molar-refractivity contribution >= 4 is 27.5 Å². The molecule has 5 heteroatoms. The van der Waals surface area contributed by atoms with E-state index in [1.807, 2.05) is 0 Å². The first kappa shape index (κ1) is 11.9. The number of rotatable bonds is 3. The number of halogens is 1. The van der Waals surface area contributed by atoms with Gasteiger partial charge in [-0.25, -0.2) is 0 Å². The summed E-state index contributed by atoms with van der Waals surface area (Å²) in [6.45, 7) is 0.397. The summed E-state index contributed by atoms with van der Waals surface area (Å²) in [5.74, 6) is -0.231. The van der Waals surface area contributed by atoms with Crippen LogP contribution in [0.1, 0.15) is 23.2 Å². The number of nitriles is 1. The van der Waals surface area contributed by atoms with Crippen molar-refractivity contribution < 1.29 is 4.79 Å². The summed E-state index contributed by atoms with van der Waals surface area (Å²) in [5, 5.41) is 11.7. The maximum Gasteiger partial charge on any atom is 0.253 e. The highest BCUT2D eigenvalue weighted by Gasteiger charge is 2.43. The van der Waals surface area contributed by atoms with Crippen molar-refractivity contribution in [3.63, 3.8) is 0 Å². The van der Waals surface area contributed by atoms with E-state index in [9.17, 15) is 4.79 Å². The number of nitrogens with two attached hydrogens (primary N) is 1.